The molecule has 0 heterocycles. The van der Waals surface area contributed by atoms with E-state index in [0.29, 0.717) is 6.07 Å². The quantitative estimate of drug-likeness (QED) is 0.802. The van der Waals surface area contributed by atoms with Crippen LogP contribution in [0, 0.1) is 5.82 Å². The number of carbonyl (C=O) groups excluding carboxylic acids is 1. The minimum atomic E-state index is -4.71. The maximum Gasteiger partial charge on any atom is 0.419 e. The fourth-order valence-electron chi connectivity index (χ4n) is 1.42. The van der Waals surface area contributed by atoms with E-state index in [-0.39, 0.29) is 11.5 Å². The third kappa shape index (κ3) is 3.44. The molecule has 6 heteroatoms. The van der Waals surface area contributed by atoms with Crippen LogP contribution in [0.15, 0.2) is 18.2 Å². The Balaban J connectivity index is 3.00. The van der Waals surface area contributed by atoms with E-state index < -0.39 is 23.6 Å². The lowest BCUT2D eigenvalue weighted by atomic mass is 10.1. The first-order chi connectivity index (χ1) is 7.71. The van der Waals surface area contributed by atoms with Gasteiger partial charge in [0.25, 0.3) is 0 Å². The molecule has 2 nitrogen and oxygen atoms in total. The molecule has 0 aliphatic heterocycles. The van der Waals surface area contributed by atoms with Gasteiger partial charge < -0.3 is 5.32 Å². The van der Waals surface area contributed by atoms with Gasteiger partial charge in [0.05, 0.1) is 11.6 Å². The second-order valence-corrected chi connectivity index (χ2v) is 3.66. The van der Waals surface area contributed by atoms with Crippen molar-refractivity contribution >= 4 is 5.91 Å². The van der Waals surface area contributed by atoms with Crippen molar-refractivity contribution in [3.8, 4) is 0 Å². The number of halogens is 4. The molecule has 1 unspecified atom stereocenters. The summed E-state index contributed by atoms with van der Waals surface area (Å²) in [4.78, 5) is 10.8. The van der Waals surface area contributed by atoms with Gasteiger partial charge in [0.2, 0.25) is 5.91 Å². The molecule has 0 aliphatic carbocycles. The highest BCUT2D eigenvalue weighted by Crippen LogP contribution is 2.32. The Kier molecular flexibility index (Phi) is 3.75. The van der Waals surface area contributed by atoms with E-state index in [9.17, 15) is 22.4 Å². The molecule has 0 saturated heterocycles. The van der Waals surface area contributed by atoms with Crippen molar-refractivity contribution in [2.45, 2.75) is 26.1 Å². The van der Waals surface area contributed by atoms with Crippen LogP contribution in [-0.2, 0) is 11.0 Å². The lowest BCUT2D eigenvalue weighted by Crippen LogP contribution is -2.24. The van der Waals surface area contributed by atoms with E-state index in [1.54, 1.807) is 6.92 Å². The largest absolute Gasteiger partial charge is 0.419 e. The first-order valence-corrected chi connectivity index (χ1v) is 4.85. The number of rotatable bonds is 2. The van der Waals surface area contributed by atoms with Crippen LogP contribution in [0.2, 0.25) is 0 Å². The summed E-state index contributed by atoms with van der Waals surface area (Å²) >= 11 is 0. The third-order valence-electron chi connectivity index (χ3n) is 2.22. The fourth-order valence-corrected chi connectivity index (χ4v) is 1.42. The van der Waals surface area contributed by atoms with Gasteiger partial charge in [-0.3, -0.25) is 4.79 Å². The Morgan fingerprint density at radius 1 is 1.35 bits per heavy atom. The molecule has 0 saturated carbocycles. The standard InChI is InChI=1S/C11H11F4NO/c1-6(16-7(2)17)8-3-4-9(10(12)5-8)11(13,14)15/h3-6H,1-2H3,(H,16,17). The van der Waals surface area contributed by atoms with Crippen molar-refractivity contribution in [2.75, 3.05) is 0 Å². The van der Waals surface area contributed by atoms with Gasteiger partial charge in [-0.25, -0.2) is 4.39 Å². The Hall–Kier alpha value is -1.59. The molecule has 0 aliphatic rings. The van der Waals surface area contributed by atoms with E-state index in [0.717, 1.165) is 12.1 Å². The zero-order valence-corrected chi connectivity index (χ0v) is 9.23. The van der Waals surface area contributed by atoms with Gasteiger partial charge in [-0.05, 0) is 24.6 Å². The van der Waals surface area contributed by atoms with E-state index in [1.165, 1.54) is 6.92 Å². The Bertz CT molecular complexity index is 428. The number of hydrogen-bond acceptors (Lipinski definition) is 1. The number of benzene rings is 1. The maximum absolute atomic E-state index is 13.2. The predicted octanol–water partition coefficient (Wildman–Crippen LogP) is 3.04. The lowest BCUT2D eigenvalue weighted by molar-refractivity contribution is -0.140. The summed E-state index contributed by atoms with van der Waals surface area (Å²) < 4.78 is 50.1. The molecule has 0 aromatic heterocycles. The Morgan fingerprint density at radius 2 is 1.94 bits per heavy atom. The molecule has 1 rings (SSSR count). The molecule has 0 spiro atoms. The summed E-state index contributed by atoms with van der Waals surface area (Å²) in [7, 11) is 0. The summed E-state index contributed by atoms with van der Waals surface area (Å²) in [5, 5.41) is 2.46. The van der Waals surface area contributed by atoms with Gasteiger partial charge in [-0.1, -0.05) is 6.07 Å². The Morgan fingerprint density at radius 3 is 2.35 bits per heavy atom. The maximum atomic E-state index is 13.2. The van der Waals surface area contributed by atoms with E-state index >= 15 is 0 Å². The number of hydrogen-bond donors (Lipinski definition) is 1. The highest BCUT2D eigenvalue weighted by atomic mass is 19.4. The average molecular weight is 249 g/mol. The number of nitrogens with one attached hydrogen (secondary N) is 1. The zero-order valence-electron chi connectivity index (χ0n) is 9.23. The molecule has 0 fully saturated rings. The van der Waals surface area contributed by atoms with Crippen molar-refractivity contribution in [3.63, 3.8) is 0 Å². The molecular weight excluding hydrogens is 238 g/mol. The third-order valence-corrected chi connectivity index (χ3v) is 2.22. The van der Waals surface area contributed by atoms with Crippen LogP contribution in [0.3, 0.4) is 0 Å². The second kappa shape index (κ2) is 4.73. The minimum absolute atomic E-state index is 0.283. The van der Waals surface area contributed by atoms with Crippen LogP contribution in [0.5, 0.6) is 0 Å². The van der Waals surface area contributed by atoms with Crippen molar-refractivity contribution < 1.29 is 22.4 Å². The van der Waals surface area contributed by atoms with Crippen LogP contribution < -0.4 is 5.32 Å². The number of carbonyl (C=O) groups is 1. The Labute approximate surface area is 95.6 Å². The summed E-state index contributed by atoms with van der Waals surface area (Å²) in [6.07, 6.45) is -4.71. The van der Waals surface area contributed by atoms with Crippen LogP contribution >= 0.6 is 0 Å². The molecule has 1 amide bonds. The SMILES string of the molecule is CC(=O)NC(C)c1ccc(C(F)(F)F)c(F)c1. The predicted molar refractivity (Wildman–Crippen MR) is 53.6 cm³/mol. The molecule has 1 atom stereocenters. The van der Waals surface area contributed by atoms with Crippen molar-refractivity contribution in [1.82, 2.24) is 5.32 Å². The van der Waals surface area contributed by atoms with Crippen LogP contribution in [0.1, 0.15) is 31.0 Å². The van der Waals surface area contributed by atoms with E-state index in [1.807, 2.05) is 0 Å². The average Bonchev–Trinajstić information content (AvgIpc) is 2.14. The highest BCUT2D eigenvalue weighted by molar-refractivity contribution is 5.73. The molecule has 1 aromatic carbocycles. The highest BCUT2D eigenvalue weighted by Gasteiger charge is 2.34. The van der Waals surface area contributed by atoms with Gasteiger partial charge in [0, 0.05) is 6.92 Å². The molecule has 17 heavy (non-hydrogen) atoms. The molecule has 0 bridgehead atoms. The summed E-state index contributed by atoms with van der Waals surface area (Å²) in [6, 6.07) is 2.06. The van der Waals surface area contributed by atoms with Crippen molar-refractivity contribution in [1.29, 1.82) is 0 Å². The lowest BCUT2D eigenvalue weighted by Gasteiger charge is -2.15. The first-order valence-electron chi connectivity index (χ1n) is 4.85. The first kappa shape index (κ1) is 13.5. The summed E-state index contributed by atoms with van der Waals surface area (Å²) in [5.74, 6) is -1.68. The van der Waals surface area contributed by atoms with E-state index in [4.69, 9.17) is 0 Å². The summed E-state index contributed by atoms with van der Waals surface area (Å²) in [6.45, 7) is 2.83. The van der Waals surface area contributed by atoms with Gasteiger partial charge in [-0.15, -0.1) is 0 Å². The van der Waals surface area contributed by atoms with Gasteiger partial charge in [-0.2, -0.15) is 13.2 Å². The van der Waals surface area contributed by atoms with Crippen LogP contribution in [0.25, 0.3) is 0 Å². The second-order valence-electron chi connectivity index (χ2n) is 3.66. The van der Waals surface area contributed by atoms with Gasteiger partial charge in [0.1, 0.15) is 5.82 Å². The summed E-state index contributed by atoms with van der Waals surface area (Å²) in [5.41, 5.74) is -1.03. The molecular formula is C11H11F4NO. The molecule has 1 N–H and O–H groups in total. The van der Waals surface area contributed by atoms with Crippen molar-refractivity contribution in [3.05, 3.63) is 35.1 Å². The smallest absolute Gasteiger partial charge is 0.350 e. The van der Waals surface area contributed by atoms with Gasteiger partial charge >= 0.3 is 6.18 Å². The molecule has 94 valence electrons. The monoisotopic (exact) mass is 249 g/mol. The van der Waals surface area contributed by atoms with E-state index in [2.05, 4.69) is 5.32 Å². The van der Waals surface area contributed by atoms with Crippen LogP contribution in [0.4, 0.5) is 17.6 Å². The normalized spacial score (nSPS) is 13.3. The zero-order chi connectivity index (χ0) is 13.2. The molecule has 1 aromatic rings. The topological polar surface area (TPSA) is 29.1 Å². The fraction of sp³-hybridized carbons (Fsp3) is 0.364. The van der Waals surface area contributed by atoms with Gasteiger partial charge in [0.15, 0.2) is 0 Å². The number of amides is 1. The number of alkyl halides is 3. The van der Waals surface area contributed by atoms with Crippen LogP contribution in [-0.4, -0.2) is 5.91 Å². The minimum Gasteiger partial charge on any atom is -0.350 e. The van der Waals surface area contributed by atoms with Crippen molar-refractivity contribution in [2.24, 2.45) is 0 Å². The molecule has 0 radical (unpaired) electrons.